The first-order valence-corrected chi connectivity index (χ1v) is 5.29. The number of rotatable bonds is 7. The molecule has 16 heavy (non-hydrogen) atoms. The summed E-state index contributed by atoms with van der Waals surface area (Å²) in [7, 11) is 10.3. The van der Waals surface area contributed by atoms with Crippen LogP contribution < -0.4 is 0 Å². The van der Waals surface area contributed by atoms with Crippen LogP contribution in [0.25, 0.3) is 0 Å². The molecule has 0 amide bonds. The van der Waals surface area contributed by atoms with Gasteiger partial charge in [0, 0.05) is 5.41 Å². The molecule has 0 N–H and O–H groups in total. The summed E-state index contributed by atoms with van der Waals surface area (Å²) >= 11 is 0. The van der Waals surface area contributed by atoms with Crippen molar-refractivity contribution in [1.29, 1.82) is 0 Å². The number of carbonyl (C=O) groups excluding carboxylic acids is 2. The molecule has 0 aliphatic heterocycles. The minimum absolute atomic E-state index is 0.230. The van der Waals surface area contributed by atoms with Gasteiger partial charge in [0.05, 0.1) is 23.6 Å². The van der Waals surface area contributed by atoms with Gasteiger partial charge >= 0.3 is 0 Å². The zero-order valence-electron chi connectivity index (χ0n) is 10.5. The average Bonchev–Trinajstić information content (AvgIpc) is 2.12. The van der Waals surface area contributed by atoms with Crippen molar-refractivity contribution < 1.29 is 14.3 Å². The van der Waals surface area contributed by atoms with Crippen LogP contribution in [0.15, 0.2) is 0 Å². The average molecular weight is 220 g/mol. The number of hydrogen-bond acceptors (Lipinski definition) is 3. The van der Waals surface area contributed by atoms with Gasteiger partial charge in [-0.15, -0.1) is 0 Å². The molecule has 0 saturated carbocycles. The van der Waals surface area contributed by atoms with Crippen molar-refractivity contribution in [3.8, 4) is 0 Å². The number of ether oxygens (including phenoxy) is 1. The van der Waals surface area contributed by atoms with Gasteiger partial charge in [-0.05, 0) is 26.7 Å². The largest absolute Gasteiger partial charge is 0.375 e. The Balaban J connectivity index is 4.17. The molecule has 0 aliphatic rings. The Morgan fingerprint density at radius 1 is 1.12 bits per heavy atom. The van der Waals surface area contributed by atoms with E-state index in [1.165, 1.54) is 0 Å². The molecule has 0 heterocycles. The van der Waals surface area contributed by atoms with Crippen molar-refractivity contribution in [3.05, 3.63) is 0 Å². The minimum Gasteiger partial charge on any atom is -0.375 e. The molecule has 0 aromatic heterocycles. The number of carbonyl (C=O) groups is 2. The summed E-state index contributed by atoms with van der Waals surface area (Å²) in [6.07, 6.45) is 0.793. The van der Waals surface area contributed by atoms with Gasteiger partial charge in [0.2, 0.25) is 0 Å². The molecule has 0 rings (SSSR count). The molecule has 5 heteroatoms. The van der Waals surface area contributed by atoms with E-state index in [-0.39, 0.29) is 18.7 Å². The fourth-order valence-corrected chi connectivity index (χ4v) is 0.943. The topological polar surface area (TPSA) is 43.4 Å². The van der Waals surface area contributed by atoms with Crippen LogP contribution in [0.4, 0.5) is 0 Å². The fourth-order valence-electron chi connectivity index (χ4n) is 0.943. The quantitative estimate of drug-likeness (QED) is 0.600. The van der Waals surface area contributed by atoms with E-state index in [2.05, 4.69) is 0 Å². The van der Waals surface area contributed by atoms with Crippen molar-refractivity contribution in [3.63, 3.8) is 0 Å². The van der Waals surface area contributed by atoms with E-state index in [4.69, 9.17) is 20.4 Å². The highest BCUT2D eigenvalue weighted by Crippen LogP contribution is 2.23. The van der Waals surface area contributed by atoms with E-state index >= 15 is 0 Å². The van der Waals surface area contributed by atoms with Crippen LogP contribution in [-0.2, 0) is 14.3 Å². The summed E-state index contributed by atoms with van der Waals surface area (Å²) in [5.41, 5.74) is -1.95. The lowest BCUT2D eigenvalue weighted by molar-refractivity contribution is -0.127. The van der Waals surface area contributed by atoms with Gasteiger partial charge in [-0.25, -0.2) is 0 Å². The third-order valence-electron chi connectivity index (χ3n) is 2.46. The smallest absolute Gasteiger partial charge is 0.168 e. The molecule has 0 aliphatic carbocycles. The standard InChI is InChI=1S/C11H18B2O3/c1-10(2,9(13)15)7-16-11(3,4)6-5-8(12)14/h5-7H2,1-4H3. The van der Waals surface area contributed by atoms with Gasteiger partial charge in [-0.3, -0.25) is 0 Å². The van der Waals surface area contributed by atoms with Crippen molar-refractivity contribution in [2.24, 2.45) is 5.41 Å². The van der Waals surface area contributed by atoms with Gasteiger partial charge in [-0.1, -0.05) is 13.8 Å². The Morgan fingerprint density at radius 3 is 2.00 bits per heavy atom. The molecule has 4 radical (unpaired) electrons. The number of hydrogen-bond donors (Lipinski definition) is 0. The van der Waals surface area contributed by atoms with E-state index in [1.54, 1.807) is 13.8 Å². The SMILES string of the molecule is [B]C(=O)CCC(C)(C)OCC(C)(C)C([B])=O. The molecule has 0 aromatic rings. The van der Waals surface area contributed by atoms with Gasteiger partial charge in [0.15, 0.2) is 15.7 Å². The van der Waals surface area contributed by atoms with Crippen LogP contribution in [0.5, 0.6) is 0 Å². The first kappa shape index (κ1) is 15.4. The molecular weight excluding hydrogens is 202 g/mol. The van der Waals surface area contributed by atoms with E-state index in [0.717, 1.165) is 0 Å². The Hall–Kier alpha value is -0.570. The van der Waals surface area contributed by atoms with Crippen LogP contribution in [0, 0.1) is 5.41 Å². The van der Waals surface area contributed by atoms with Crippen molar-refractivity contribution >= 4 is 27.1 Å². The summed E-state index contributed by atoms with van der Waals surface area (Å²) in [5.74, 6) is 0. The normalized spacial score (nSPS) is 12.5. The molecule has 3 nitrogen and oxygen atoms in total. The van der Waals surface area contributed by atoms with E-state index in [1.807, 2.05) is 13.8 Å². The molecule has 0 atom stereocenters. The lowest BCUT2D eigenvalue weighted by atomic mass is 9.78. The monoisotopic (exact) mass is 220 g/mol. The highest BCUT2D eigenvalue weighted by atomic mass is 16.5. The maximum Gasteiger partial charge on any atom is 0.168 e. The predicted octanol–water partition coefficient (Wildman–Crippen LogP) is 0.978. The fraction of sp³-hybridized carbons (Fsp3) is 0.818. The predicted molar refractivity (Wildman–Crippen MR) is 64.6 cm³/mol. The molecule has 0 unspecified atom stereocenters. The van der Waals surface area contributed by atoms with Crippen LogP contribution in [-0.4, -0.2) is 39.3 Å². The Bertz CT molecular complexity index is 272. The summed E-state index contributed by atoms with van der Waals surface area (Å²) < 4.78 is 5.60. The molecule has 0 fully saturated rings. The minimum atomic E-state index is -0.704. The second-order valence-electron chi connectivity index (χ2n) is 5.26. The van der Waals surface area contributed by atoms with Gasteiger partial charge in [0.25, 0.3) is 0 Å². The molecule has 0 spiro atoms. The Labute approximate surface area is 100 Å². The highest BCUT2D eigenvalue weighted by Gasteiger charge is 2.27. The zero-order valence-corrected chi connectivity index (χ0v) is 10.5. The van der Waals surface area contributed by atoms with Crippen molar-refractivity contribution in [1.82, 2.24) is 0 Å². The first-order chi connectivity index (χ1) is 7.07. The summed E-state index contributed by atoms with van der Waals surface area (Å²) in [5, 5.41) is 0. The summed E-state index contributed by atoms with van der Waals surface area (Å²) in [4.78, 5) is 21.7. The van der Waals surface area contributed by atoms with Crippen LogP contribution in [0.2, 0.25) is 0 Å². The lowest BCUT2D eigenvalue weighted by Crippen LogP contribution is -2.35. The summed E-state index contributed by atoms with van der Waals surface area (Å²) in [6.45, 7) is 7.38. The second-order valence-corrected chi connectivity index (χ2v) is 5.26. The van der Waals surface area contributed by atoms with Crippen LogP contribution in [0.3, 0.4) is 0 Å². The Kier molecular flexibility index (Phi) is 5.47. The molecule has 86 valence electrons. The maximum absolute atomic E-state index is 11.1. The third kappa shape index (κ3) is 6.11. The van der Waals surface area contributed by atoms with Crippen LogP contribution >= 0.6 is 0 Å². The van der Waals surface area contributed by atoms with E-state index in [0.29, 0.717) is 6.42 Å². The van der Waals surface area contributed by atoms with Crippen molar-refractivity contribution in [2.45, 2.75) is 46.1 Å². The zero-order chi connectivity index (χ0) is 13.0. The first-order valence-electron chi connectivity index (χ1n) is 5.29. The molecular formula is C11H18B2O3. The third-order valence-corrected chi connectivity index (χ3v) is 2.46. The highest BCUT2D eigenvalue weighted by molar-refractivity contribution is 6.59. The molecule has 0 saturated heterocycles. The second kappa shape index (κ2) is 5.67. The van der Waals surface area contributed by atoms with E-state index in [9.17, 15) is 9.59 Å². The van der Waals surface area contributed by atoms with Gasteiger partial charge in [-0.2, -0.15) is 0 Å². The molecule has 0 aromatic carbocycles. The van der Waals surface area contributed by atoms with Gasteiger partial charge < -0.3 is 14.3 Å². The van der Waals surface area contributed by atoms with E-state index < -0.39 is 16.7 Å². The molecule has 0 bridgehead atoms. The maximum atomic E-state index is 11.1. The van der Waals surface area contributed by atoms with Gasteiger partial charge in [0.1, 0.15) is 0 Å². The Morgan fingerprint density at radius 2 is 1.62 bits per heavy atom. The van der Waals surface area contributed by atoms with Crippen LogP contribution in [0.1, 0.15) is 40.5 Å². The summed E-state index contributed by atoms with van der Waals surface area (Å²) in [6, 6.07) is 0. The lowest BCUT2D eigenvalue weighted by Gasteiger charge is -2.30. The van der Waals surface area contributed by atoms with Crippen molar-refractivity contribution in [2.75, 3.05) is 6.61 Å².